The first-order chi connectivity index (χ1) is 11.8. The van der Waals surface area contributed by atoms with Crippen molar-refractivity contribution in [3.63, 3.8) is 0 Å². The van der Waals surface area contributed by atoms with Crippen molar-refractivity contribution in [2.24, 2.45) is 0 Å². The van der Waals surface area contributed by atoms with Gasteiger partial charge in [0.15, 0.2) is 0 Å². The molecule has 126 valence electrons. The van der Waals surface area contributed by atoms with Crippen LogP contribution in [-0.4, -0.2) is 10.8 Å². The van der Waals surface area contributed by atoms with Gasteiger partial charge in [-0.25, -0.2) is 0 Å². The number of nitro groups is 1. The van der Waals surface area contributed by atoms with E-state index in [0.29, 0.717) is 5.02 Å². The van der Waals surface area contributed by atoms with Gasteiger partial charge >= 0.3 is 0 Å². The van der Waals surface area contributed by atoms with Crippen LogP contribution in [0.4, 0.5) is 11.4 Å². The number of benzene rings is 2. The van der Waals surface area contributed by atoms with Gasteiger partial charge in [-0.1, -0.05) is 40.9 Å². The van der Waals surface area contributed by atoms with Gasteiger partial charge in [0.25, 0.3) is 11.6 Å². The summed E-state index contributed by atoms with van der Waals surface area (Å²) in [6.45, 7) is 0. The summed E-state index contributed by atoms with van der Waals surface area (Å²) in [5.41, 5.74) is -0.0270. The molecule has 2 rings (SSSR count). The van der Waals surface area contributed by atoms with E-state index in [4.69, 9.17) is 34.8 Å². The van der Waals surface area contributed by atoms with Gasteiger partial charge in [-0.05, 0) is 35.9 Å². The molecule has 0 saturated heterocycles. The number of carbonyl (C=O) groups is 1. The Hall–Kier alpha value is -2.59. The smallest absolute Gasteiger partial charge is 0.288 e. The third kappa shape index (κ3) is 4.70. The number of nitrogens with zero attached hydrogens (tertiary/aromatic N) is 2. The van der Waals surface area contributed by atoms with Crippen LogP contribution in [0.3, 0.4) is 0 Å². The molecule has 0 aromatic heterocycles. The third-order valence-electron chi connectivity index (χ3n) is 3.02. The zero-order chi connectivity index (χ0) is 18.6. The van der Waals surface area contributed by atoms with Gasteiger partial charge in [-0.3, -0.25) is 14.9 Å². The highest BCUT2D eigenvalue weighted by Crippen LogP contribution is 2.27. The van der Waals surface area contributed by atoms with Gasteiger partial charge in [-0.15, -0.1) is 0 Å². The van der Waals surface area contributed by atoms with Crippen molar-refractivity contribution in [2.45, 2.75) is 0 Å². The average Bonchev–Trinajstić information content (AvgIpc) is 2.56. The van der Waals surface area contributed by atoms with Crippen LogP contribution >= 0.6 is 34.8 Å². The lowest BCUT2D eigenvalue weighted by Crippen LogP contribution is -2.13. The molecular formula is C16H8Cl3N3O3. The fraction of sp³-hybridized carbons (Fsp3) is 0. The van der Waals surface area contributed by atoms with E-state index in [2.05, 4.69) is 5.32 Å². The molecule has 0 atom stereocenters. The molecule has 0 saturated carbocycles. The lowest BCUT2D eigenvalue weighted by atomic mass is 10.1. The quantitative estimate of drug-likeness (QED) is 0.336. The topological polar surface area (TPSA) is 96.0 Å². The standard InChI is InChI=1S/C16H8Cl3N3O3/c17-11-2-4-14(13(19)7-11)21-16(23)10(8-20)5-9-1-3-12(18)15(6-9)22(24)25/h1-7H,(H,21,23)/b10-5+. The SMILES string of the molecule is N#C/C(=C\c1ccc(Cl)c([N+](=O)[O-])c1)C(=O)Nc1ccc(Cl)cc1Cl. The molecule has 0 unspecified atom stereocenters. The molecule has 6 nitrogen and oxygen atoms in total. The van der Waals surface area contributed by atoms with Crippen LogP contribution in [0.5, 0.6) is 0 Å². The zero-order valence-electron chi connectivity index (χ0n) is 12.3. The minimum atomic E-state index is -0.718. The summed E-state index contributed by atoms with van der Waals surface area (Å²) in [6.07, 6.45) is 1.21. The third-order valence-corrected chi connectivity index (χ3v) is 3.89. The first-order valence-electron chi connectivity index (χ1n) is 6.64. The fourth-order valence-corrected chi connectivity index (χ4v) is 2.50. The maximum Gasteiger partial charge on any atom is 0.288 e. The molecule has 0 radical (unpaired) electrons. The van der Waals surface area contributed by atoms with Crippen LogP contribution in [-0.2, 0) is 4.79 Å². The minimum Gasteiger partial charge on any atom is -0.320 e. The number of hydrogen-bond acceptors (Lipinski definition) is 4. The maximum absolute atomic E-state index is 12.2. The van der Waals surface area contributed by atoms with E-state index in [-0.39, 0.29) is 32.6 Å². The van der Waals surface area contributed by atoms with E-state index in [0.717, 1.165) is 0 Å². The van der Waals surface area contributed by atoms with E-state index < -0.39 is 10.8 Å². The van der Waals surface area contributed by atoms with Crippen molar-refractivity contribution >= 4 is 58.2 Å². The van der Waals surface area contributed by atoms with Gasteiger partial charge in [0.1, 0.15) is 16.7 Å². The van der Waals surface area contributed by atoms with Crippen molar-refractivity contribution in [2.75, 3.05) is 5.32 Å². The Morgan fingerprint density at radius 1 is 1.16 bits per heavy atom. The molecule has 1 amide bonds. The lowest BCUT2D eigenvalue weighted by Gasteiger charge is -2.07. The Bertz CT molecular complexity index is 936. The van der Waals surface area contributed by atoms with Gasteiger partial charge in [-0.2, -0.15) is 5.26 Å². The molecule has 25 heavy (non-hydrogen) atoms. The van der Waals surface area contributed by atoms with Crippen LogP contribution in [0.25, 0.3) is 6.08 Å². The van der Waals surface area contributed by atoms with E-state index >= 15 is 0 Å². The fourth-order valence-electron chi connectivity index (χ4n) is 1.86. The second kappa shape index (κ2) is 7.99. The number of hydrogen-bond donors (Lipinski definition) is 1. The predicted molar refractivity (Wildman–Crippen MR) is 96.8 cm³/mol. The second-order valence-electron chi connectivity index (χ2n) is 4.72. The van der Waals surface area contributed by atoms with Crippen LogP contribution in [0.2, 0.25) is 15.1 Å². The van der Waals surface area contributed by atoms with Crippen molar-refractivity contribution < 1.29 is 9.72 Å². The summed E-state index contributed by atoms with van der Waals surface area (Å²) in [4.78, 5) is 22.5. The Labute approximate surface area is 157 Å². The molecule has 2 aromatic rings. The molecule has 0 bridgehead atoms. The number of rotatable bonds is 4. The van der Waals surface area contributed by atoms with Crippen LogP contribution in [0.1, 0.15) is 5.56 Å². The van der Waals surface area contributed by atoms with Gasteiger partial charge in [0, 0.05) is 11.1 Å². The number of anilines is 1. The number of nitro benzene ring substituents is 1. The average molecular weight is 397 g/mol. The highest BCUT2D eigenvalue weighted by Gasteiger charge is 2.15. The second-order valence-corrected chi connectivity index (χ2v) is 5.97. The molecule has 0 aliphatic carbocycles. The number of nitrogens with one attached hydrogen (secondary N) is 1. The predicted octanol–water partition coefficient (Wildman–Crippen LogP) is 5.10. The minimum absolute atomic E-state index is 0.0435. The van der Waals surface area contributed by atoms with E-state index in [1.807, 2.05) is 0 Å². The summed E-state index contributed by atoms with van der Waals surface area (Å²) in [7, 11) is 0. The van der Waals surface area contributed by atoms with Crippen molar-refractivity contribution in [3.8, 4) is 6.07 Å². The van der Waals surface area contributed by atoms with Crippen LogP contribution in [0.15, 0.2) is 42.0 Å². The number of nitriles is 1. The van der Waals surface area contributed by atoms with E-state index in [1.54, 1.807) is 6.07 Å². The Morgan fingerprint density at radius 3 is 2.48 bits per heavy atom. The van der Waals surface area contributed by atoms with Gasteiger partial charge < -0.3 is 5.32 Å². The van der Waals surface area contributed by atoms with Gasteiger partial charge in [0.2, 0.25) is 0 Å². The van der Waals surface area contributed by atoms with Crippen molar-refractivity contribution in [1.29, 1.82) is 5.26 Å². The van der Waals surface area contributed by atoms with Crippen molar-refractivity contribution in [3.05, 3.63) is 72.7 Å². The summed E-state index contributed by atoms with van der Waals surface area (Å²) in [6, 6.07) is 10.1. The molecule has 2 aromatic carbocycles. The number of amides is 1. The van der Waals surface area contributed by atoms with Crippen molar-refractivity contribution in [1.82, 2.24) is 0 Å². The molecule has 0 spiro atoms. The van der Waals surface area contributed by atoms with E-state index in [9.17, 15) is 20.2 Å². The largest absolute Gasteiger partial charge is 0.320 e. The summed E-state index contributed by atoms with van der Waals surface area (Å²) >= 11 is 17.5. The molecule has 0 aliphatic heterocycles. The number of halogens is 3. The normalized spacial score (nSPS) is 10.9. The van der Waals surface area contributed by atoms with Crippen LogP contribution in [0, 0.1) is 21.4 Å². The first-order valence-corrected chi connectivity index (χ1v) is 7.77. The molecule has 9 heteroatoms. The highest BCUT2D eigenvalue weighted by molar-refractivity contribution is 6.37. The molecular weight excluding hydrogens is 389 g/mol. The Morgan fingerprint density at radius 2 is 1.88 bits per heavy atom. The maximum atomic E-state index is 12.2. The van der Waals surface area contributed by atoms with Crippen LogP contribution < -0.4 is 5.32 Å². The highest BCUT2D eigenvalue weighted by atomic mass is 35.5. The summed E-state index contributed by atoms with van der Waals surface area (Å²) in [5.74, 6) is -0.718. The number of carbonyl (C=O) groups excluding carboxylic acids is 1. The lowest BCUT2D eigenvalue weighted by molar-refractivity contribution is -0.384. The Balaban J connectivity index is 2.31. The summed E-state index contributed by atoms with van der Waals surface area (Å²) in [5, 5.41) is 23.1. The molecule has 0 fully saturated rings. The first kappa shape index (κ1) is 18.7. The molecule has 0 heterocycles. The van der Waals surface area contributed by atoms with Gasteiger partial charge in [0.05, 0.1) is 15.6 Å². The molecule has 0 aliphatic rings. The summed E-state index contributed by atoms with van der Waals surface area (Å²) < 4.78 is 0. The Kier molecular flexibility index (Phi) is 5.99. The zero-order valence-corrected chi connectivity index (χ0v) is 14.6. The monoisotopic (exact) mass is 395 g/mol. The van der Waals surface area contributed by atoms with E-state index in [1.165, 1.54) is 42.5 Å². The molecule has 1 N–H and O–H groups in total.